The summed E-state index contributed by atoms with van der Waals surface area (Å²) in [5.41, 5.74) is 5.13. The Morgan fingerprint density at radius 1 is 1.50 bits per heavy atom. The van der Waals surface area contributed by atoms with Gasteiger partial charge in [0.15, 0.2) is 0 Å². The van der Waals surface area contributed by atoms with Crippen LogP contribution in [0.2, 0.25) is 0 Å². The second-order valence-corrected chi connectivity index (χ2v) is 2.11. The standard InChI is InChI=1S/C5H10F3NO/c1-4(9)2-10-3-5(6,7)8/h4H,2-3,9H2,1H3. The summed E-state index contributed by atoms with van der Waals surface area (Å²) in [7, 11) is 0. The minimum atomic E-state index is -4.24. The van der Waals surface area contributed by atoms with E-state index in [9.17, 15) is 13.2 Å². The van der Waals surface area contributed by atoms with Crippen molar-refractivity contribution >= 4 is 0 Å². The zero-order valence-corrected chi connectivity index (χ0v) is 5.61. The molecule has 0 bridgehead atoms. The van der Waals surface area contributed by atoms with Crippen LogP contribution in [0.25, 0.3) is 0 Å². The van der Waals surface area contributed by atoms with E-state index >= 15 is 0 Å². The van der Waals surface area contributed by atoms with Crippen LogP contribution in [0.3, 0.4) is 0 Å². The second-order valence-electron chi connectivity index (χ2n) is 2.11. The van der Waals surface area contributed by atoms with Crippen molar-refractivity contribution in [3.8, 4) is 0 Å². The third-order valence-electron chi connectivity index (χ3n) is 0.646. The van der Waals surface area contributed by atoms with Gasteiger partial charge in [0.25, 0.3) is 0 Å². The highest BCUT2D eigenvalue weighted by Gasteiger charge is 2.27. The van der Waals surface area contributed by atoms with Gasteiger partial charge in [0, 0.05) is 6.04 Å². The average Bonchev–Trinajstić information content (AvgIpc) is 1.59. The topological polar surface area (TPSA) is 35.2 Å². The maximum Gasteiger partial charge on any atom is 0.411 e. The van der Waals surface area contributed by atoms with E-state index in [0.717, 1.165) is 0 Å². The Balaban J connectivity index is 3.21. The van der Waals surface area contributed by atoms with Crippen molar-refractivity contribution in [3.63, 3.8) is 0 Å². The maximum atomic E-state index is 11.3. The molecule has 0 spiro atoms. The van der Waals surface area contributed by atoms with Crippen LogP contribution in [0.1, 0.15) is 6.92 Å². The van der Waals surface area contributed by atoms with E-state index < -0.39 is 12.8 Å². The first kappa shape index (κ1) is 9.71. The first-order valence-electron chi connectivity index (χ1n) is 2.82. The third kappa shape index (κ3) is 7.71. The molecule has 0 amide bonds. The number of nitrogens with two attached hydrogens (primary N) is 1. The monoisotopic (exact) mass is 157 g/mol. The molecule has 0 aliphatic rings. The lowest BCUT2D eigenvalue weighted by Gasteiger charge is -2.08. The highest BCUT2D eigenvalue weighted by Crippen LogP contribution is 2.14. The molecule has 0 radical (unpaired) electrons. The Bertz CT molecular complexity index is 91.4. The third-order valence-corrected chi connectivity index (χ3v) is 0.646. The maximum absolute atomic E-state index is 11.3. The van der Waals surface area contributed by atoms with Gasteiger partial charge in [0.05, 0.1) is 6.61 Å². The molecular weight excluding hydrogens is 147 g/mol. The number of hydrogen-bond acceptors (Lipinski definition) is 2. The van der Waals surface area contributed by atoms with Gasteiger partial charge in [-0.1, -0.05) is 0 Å². The van der Waals surface area contributed by atoms with Crippen molar-refractivity contribution in [1.82, 2.24) is 0 Å². The molecule has 1 atom stereocenters. The van der Waals surface area contributed by atoms with E-state index in [1.807, 2.05) is 0 Å². The van der Waals surface area contributed by atoms with E-state index in [1.54, 1.807) is 6.92 Å². The summed E-state index contributed by atoms with van der Waals surface area (Å²) in [5.74, 6) is 0. The van der Waals surface area contributed by atoms with E-state index in [0.29, 0.717) is 0 Å². The molecule has 1 unspecified atom stereocenters. The molecule has 2 N–H and O–H groups in total. The molecule has 2 nitrogen and oxygen atoms in total. The van der Waals surface area contributed by atoms with Gasteiger partial charge >= 0.3 is 6.18 Å². The Hall–Kier alpha value is -0.290. The number of rotatable bonds is 3. The van der Waals surface area contributed by atoms with Gasteiger partial charge in [-0.25, -0.2) is 0 Å². The molecule has 5 heteroatoms. The predicted octanol–water partition coefficient (Wildman–Crippen LogP) is 0.912. The summed E-state index contributed by atoms with van der Waals surface area (Å²) in [5, 5.41) is 0. The van der Waals surface area contributed by atoms with Crippen molar-refractivity contribution < 1.29 is 17.9 Å². The fourth-order valence-corrected chi connectivity index (χ4v) is 0.361. The van der Waals surface area contributed by atoms with Gasteiger partial charge < -0.3 is 10.5 Å². The fourth-order valence-electron chi connectivity index (χ4n) is 0.361. The molecule has 0 saturated carbocycles. The summed E-state index contributed by atoms with van der Waals surface area (Å²) in [6.45, 7) is 0.310. The molecule has 0 rings (SSSR count). The van der Waals surface area contributed by atoms with Gasteiger partial charge in [-0.05, 0) is 6.92 Å². The Morgan fingerprint density at radius 2 is 2.00 bits per heavy atom. The van der Waals surface area contributed by atoms with Crippen LogP contribution < -0.4 is 5.73 Å². The zero-order chi connectivity index (χ0) is 8.20. The first-order chi connectivity index (χ1) is 4.42. The Kier molecular flexibility index (Phi) is 3.67. The van der Waals surface area contributed by atoms with E-state index in [2.05, 4.69) is 4.74 Å². The molecule has 62 valence electrons. The summed E-state index contributed by atoms with van der Waals surface area (Å²) in [4.78, 5) is 0. The lowest BCUT2D eigenvalue weighted by Crippen LogP contribution is -2.26. The van der Waals surface area contributed by atoms with Crippen LogP contribution in [0.15, 0.2) is 0 Å². The Labute approximate surface area is 57.1 Å². The van der Waals surface area contributed by atoms with Crippen LogP contribution in [0, 0.1) is 0 Å². The van der Waals surface area contributed by atoms with Crippen molar-refractivity contribution in [3.05, 3.63) is 0 Å². The lowest BCUT2D eigenvalue weighted by atomic mass is 10.4. The van der Waals surface area contributed by atoms with Gasteiger partial charge in [0.1, 0.15) is 6.61 Å². The van der Waals surface area contributed by atoms with Crippen LogP contribution in [0.5, 0.6) is 0 Å². The van der Waals surface area contributed by atoms with Crippen LogP contribution >= 0.6 is 0 Å². The normalized spacial score (nSPS) is 15.3. The summed E-state index contributed by atoms with van der Waals surface area (Å²) >= 11 is 0. The van der Waals surface area contributed by atoms with Gasteiger partial charge in [-0.3, -0.25) is 0 Å². The largest absolute Gasteiger partial charge is 0.411 e. The minimum absolute atomic E-state index is 0.0560. The van der Waals surface area contributed by atoms with Crippen molar-refractivity contribution in [2.24, 2.45) is 5.73 Å². The highest BCUT2D eigenvalue weighted by atomic mass is 19.4. The van der Waals surface area contributed by atoms with Gasteiger partial charge in [-0.15, -0.1) is 0 Å². The minimum Gasteiger partial charge on any atom is -0.370 e. The quantitative estimate of drug-likeness (QED) is 0.660. The van der Waals surface area contributed by atoms with E-state index in [4.69, 9.17) is 5.73 Å². The number of halogens is 3. The zero-order valence-electron chi connectivity index (χ0n) is 5.61. The van der Waals surface area contributed by atoms with Crippen LogP contribution in [-0.2, 0) is 4.74 Å². The molecule has 0 saturated heterocycles. The molecule has 0 aromatic heterocycles. The first-order valence-corrected chi connectivity index (χ1v) is 2.82. The van der Waals surface area contributed by atoms with Crippen LogP contribution in [-0.4, -0.2) is 25.4 Å². The Morgan fingerprint density at radius 3 is 2.30 bits per heavy atom. The summed E-state index contributed by atoms with van der Waals surface area (Å²) in [6, 6.07) is -0.345. The van der Waals surface area contributed by atoms with E-state index in [1.165, 1.54) is 0 Å². The highest BCUT2D eigenvalue weighted by molar-refractivity contribution is 4.51. The smallest absolute Gasteiger partial charge is 0.370 e. The SMILES string of the molecule is CC(N)COCC(F)(F)F. The summed E-state index contributed by atoms with van der Waals surface area (Å²) in [6.07, 6.45) is -4.24. The van der Waals surface area contributed by atoms with Crippen LogP contribution in [0.4, 0.5) is 13.2 Å². The molecule has 0 fully saturated rings. The molecular formula is C5H10F3NO. The summed E-state index contributed by atoms with van der Waals surface area (Å²) < 4.78 is 38.2. The van der Waals surface area contributed by atoms with Crippen molar-refractivity contribution in [2.45, 2.75) is 19.1 Å². The van der Waals surface area contributed by atoms with Gasteiger partial charge in [-0.2, -0.15) is 13.2 Å². The van der Waals surface area contributed by atoms with Gasteiger partial charge in [0.2, 0.25) is 0 Å². The van der Waals surface area contributed by atoms with E-state index in [-0.39, 0.29) is 12.6 Å². The molecule has 0 heterocycles. The second kappa shape index (κ2) is 3.78. The molecule has 0 aliphatic heterocycles. The number of ether oxygens (including phenoxy) is 1. The molecule has 0 aromatic rings. The van der Waals surface area contributed by atoms with Crippen molar-refractivity contribution in [2.75, 3.05) is 13.2 Å². The molecule has 0 aliphatic carbocycles. The fraction of sp³-hybridized carbons (Fsp3) is 1.00. The lowest BCUT2D eigenvalue weighted by molar-refractivity contribution is -0.174. The van der Waals surface area contributed by atoms with Crippen molar-refractivity contribution in [1.29, 1.82) is 0 Å². The molecule has 0 aromatic carbocycles. The average molecular weight is 157 g/mol. The predicted molar refractivity (Wildman–Crippen MR) is 30.5 cm³/mol. The number of hydrogen-bond donors (Lipinski definition) is 1. The number of alkyl halides is 3. The molecule has 10 heavy (non-hydrogen) atoms.